The Balaban J connectivity index is 2.09. The summed E-state index contributed by atoms with van der Waals surface area (Å²) in [5, 5.41) is 0. The summed E-state index contributed by atoms with van der Waals surface area (Å²) in [6.45, 7) is 0.479. The van der Waals surface area contributed by atoms with Crippen LogP contribution in [-0.4, -0.2) is 32.4 Å². The van der Waals surface area contributed by atoms with E-state index < -0.39 is 5.41 Å². The lowest BCUT2D eigenvalue weighted by atomic mass is 9.67. The van der Waals surface area contributed by atoms with E-state index in [-0.39, 0.29) is 5.91 Å². The molecule has 0 saturated heterocycles. The molecule has 6 heteroatoms. The first-order valence-electron chi connectivity index (χ1n) is 5.99. The minimum Gasteiger partial charge on any atom is -0.392 e. The van der Waals surface area contributed by atoms with Crippen LogP contribution >= 0.6 is 12.2 Å². The van der Waals surface area contributed by atoms with Crippen molar-refractivity contribution in [1.29, 1.82) is 0 Å². The number of hydrogen-bond acceptors (Lipinski definition) is 3. The van der Waals surface area contributed by atoms with Gasteiger partial charge in [0.15, 0.2) is 0 Å². The number of nitrogens with two attached hydrogens (primary N) is 1. The summed E-state index contributed by atoms with van der Waals surface area (Å²) in [5.41, 5.74) is 5.14. The van der Waals surface area contributed by atoms with Gasteiger partial charge in [-0.15, -0.1) is 0 Å². The fraction of sp³-hybridized carbons (Fsp3) is 0.583. The Morgan fingerprint density at radius 2 is 2.33 bits per heavy atom. The molecular formula is C12H18N4OS. The average molecular weight is 266 g/mol. The minimum atomic E-state index is -0.602. The standard InChI is InChI=1S/C12H18N4OS/c1-15-7-6-14-9(15)8-16(2)11(17)12(10(13)18)4-3-5-12/h6-7H,3-5,8H2,1-2H3,(H2,13,18). The Bertz CT molecular complexity index is 478. The number of carbonyl (C=O) groups is 1. The fourth-order valence-corrected chi connectivity index (χ4v) is 2.59. The number of carbonyl (C=O) groups excluding carboxylic acids is 1. The number of amides is 1. The van der Waals surface area contributed by atoms with Crippen LogP contribution in [0.5, 0.6) is 0 Å². The third-order valence-electron chi connectivity index (χ3n) is 3.73. The lowest BCUT2D eigenvalue weighted by Gasteiger charge is -2.41. The van der Waals surface area contributed by atoms with E-state index in [0.717, 1.165) is 25.1 Å². The van der Waals surface area contributed by atoms with E-state index in [4.69, 9.17) is 18.0 Å². The van der Waals surface area contributed by atoms with Crippen molar-refractivity contribution in [3.63, 3.8) is 0 Å². The molecule has 1 saturated carbocycles. The lowest BCUT2D eigenvalue weighted by molar-refractivity contribution is -0.141. The smallest absolute Gasteiger partial charge is 0.235 e. The molecule has 98 valence electrons. The molecule has 1 aliphatic carbocycles. The number of imidazole rings is 1. The molecule has 0 aliphatic heterocycles. The highest BCUT2D eigenvalue weighted by Crippen LogP contribution is 2.42. The predicted molar refractivity (Wildman–Crippen MR) is 72.8 cm³/mol. The zero-order valence-electron chi connectivity index (χ0n) is 10.7. The SMILES string of the molecule is CN(Cc1nccn1C)C(=O)C1(C(N)=S)CCC1. The molecule has 1 fully saturated rings. The van der Waals surface area contributed by atoms with Gasteiger partial charge in [-0.2, -0.15) is 0 Å². The molecule has 1 heterocycles. The van der Waals surface area contributed by atoms with Crippen molar-refractivity contribution in [2.75, 3.05) is 7.05 Å². The fourth-order valence-electron chi connectivity index (χ4n) is 2.29. The third kappa shape index (κ3) is 2.01. The number of thiocarbonyl (C=S) groups is 1. The first kappa shape index (κ1) is 13.0. The van der Waals surface area contributed by atoms with Crippen LogP contribution < -0.4 is 5.73 Å². The van der Waals surface area contributed by atoms with E-state index in [2.05, 4.69) is 4.98 Å². The van der Waals surface area contributed by atoms with Gasteiger partial charge in [0.1, 0.15) is 5.82 Å². The van der Waals surface area contributed by atoms with Gasteiger partial charge in [-0.25, -0.2) is 4.98 Å². The third-order valence-corrected chi connectivity index (χ3v) is 4.13. The highest BCUT2D eigenvalue weighted by atomic mass is 32.1. The monoisotopic (exact) mass is 266 g/mol. The highest BCUT2D eigenvalue weighted by molar-refractivity contribution is 7.80. The molecule has 0 atom stereocenters. The molecule has 2 rings (SSSR count). The molecule has 1 amide bonds. The second-order valence-corrected chi connectivity index (χ2v) is 5.36. The maximum absolute atomic E-state index is 12.4. The number of nitrogens with zero attached hydrogens (tertiary/aromatic N) is 3. The molecule has 18 heavy (non-hydrogen) atoms. The van der Waals surface area contributed by atoms with Crippen molar-refractivity contribution in [1.82, 2.24) is 14.5 Å². The zero-order valence-corrected chi connectivity index (χ0v) is 11.5. The number of aryl methyl sites for hydroxylation is 1. The highest BCUT2D eigenvalue weighted by Gasteiger charge is 2.48. The zero-order chi connectivity index (χ0) is 13.3. The van der Waals surface area contributed by atoms with Crippen LogP contribution in [0.4, 0.5) is 0 Å². The number of hydrogen-bond donors (Lipinski definition) is 1. The second kappa shape index (κ2) is 4.68. The van der Waals surface area contributed by atoms with Gasteiger partial charge in [-0.05, 0) is 12.8 Å². The van der Waals surface area contributed by atoms with Crippen LogP contribution in [0, 0.1) is 5.41 Å². The number of rotatable bonds is 4. The van der Waals surface area contributed by atoms with Crippen molar-refractivity contribution >= 4 is 23.1 Å². The first-order chi connectivity index (χ1) is 8.47. The maximum Gasteiger partial charge on any atom is 0.235 e. The van der Waals surface area contributed by atoms with Gasteiger partial charge in [-0.3, -0.25) is 4.79 Å². The predicted octanol–water partition coefficient (Wildman–Crippen LogP) is 0.835. The molecule has 2 N–H and O–H groups in total. The van der Waals surface area contributed by atoms with E-state index in [1.165, 1.54) is 0 Å². The van der Waals surface area contributed by atoms with E-state index in [0.29, 0.717) is 11.5 Å². The van der Waals surface area contributed by atoms with Gasteiger partial charge < -0.3 is 15.2 Å². The summed E-state index contributed by atoms with van der Waals surface area (Å²) < 4.78 is 1.90. The van der Waals surface area contributed by atoms with E-state index in [9.17, 15) is 4.79 Å². The molecule has 0 radical (unpaired) electrons. The normalized spacial score (nSPS) is 17.0. The van der Waals surface area contributed by atoms with Crippen LogP contribution in [0.25, 0.3) is 0 Å². The topological polar surface area (TPSA) is 64.2 Å². The number of aromatic nitrogens is 2. The van der Waals surface area contributed by atoms with Gasteiger partial charge in [0.05, 0.1) is 16.9 Å². The summed E-state index contributed by atoms with van der Waals surface area (Å²) in [7, 11) is 3.68. The molecule has 0 aromatic carbocycles. The van der Waals surface area contributed by atoms with Crippen LogP contribution in [-0.2, 0) is 18.4 Å². The molecule has 1 aromatic rings. The molecular weight excluding hydrogens is 248 g/mol. The molecule has 0 unspecified atom stereocenters. The Morgan fingerprint density at radius 1 is 1.67 bits per heavy atom. The van der Waals surface area contributed by atoms with E-state index >= 15 is 0 Å². The average Bonchev–Trinajstić information content (AvgIpc) is 2.62. The molecule has 1 aliphatic rings. The lowest BCUT2D eigenvalue weighted by Crippen LogP contribution is -2.53. The summed E-state index contributed by atoms with van der Waals surface area (Å²) in [6, 6.07) is 0. The van der Waals surface area contributed by atoms with Crippen molar-refractivity contribution in [2.24, 2.45) is 18.2 Å². The molecule has 1 aromatic heterocycles. The Kier molecular flexibility index (Phi) is 3.38. The largest absolute Gasteiger partial charge is 0.392 e. The van der Waals surface area contributed by atoms with Gasteiger partial charge in [-0.1, -0.05) is 18.6 Å². The van der Waals surface area contributed by atoms with Crippen molar-refractivity contribution in [2.45, 2.75) is 25.8 Å². The van der Waals surface area contributed by atoms with Crippen molar-refractivity contribution in [3.8, 4) is 0 Å². The van der Waals surface area contributed by atoms with Crippen LogP contribution in [0.1, 0.15) is 25.1 Å². The van der Waals surface area contributed by atoms with Gasteiger partial charge in [0, 0.05) is 26.5 Å². The van der Waals surface area contributed by atoms with Crippen molar-refractivity contribution in [3.05, 3.63) is 18.2 Å². The summed E-state index contributed by atoms with van der Waals surface area (Å²) >= 11 is 5.06. The van der Waals surface area contributed by atoms with Crippen molar-refractivity contribution < 1.29 is 4.79 Å². The Labute approximate surface area is 112 Å². The van der Waals surface area contributed by atoms with Gasteiger partial charge in [0.25, 0.3) is 0 Å². The quantitative estimate of drug-likeness (QED) is 0.820. The first-order valence-corrected chi connectivity index (χ1v) is 6.40. The molecule has 5 nitrogen and oxygen atoms in total. The summed E-state index contributed by atoms with van der Waals surface area (Å²) in [4.78, 5) is 18.7. The maximum atomic E-state index is 12.4. The van der Waals surface area contributed by atoms with Crippen LogP contribution in [0.2, 0.25) is 0 Å². The van der Waals surface area contributed by atoms with E-state index in [1.807, 2.05) is 17.8 Å². The summed E-state index contributed by atoms with van der Waals surface area (Å²) in [6.07, 6.45) is 6.14. The summed E-state index contributed by atoms with van der Waals surface area (Å²) in [5.74, 6) is 0.868. The van der Waals surface area contributed by atoms with Crippen LogP contribution in [0.3, 0.4) is 0 Å². The molecule has 0 spiro atoms. The Morgan fingerprint density at radius 3 is 2.72 bits per heavy atom. The van der Waals surface area contributed by atoms with Crippen LogP contribution in [0.15, 0.2) is 12.4 Å². The van der Waals surface area contributed by atoms with Gasteiger partial charge in [0.2, 0.25) is 5.91 Å². The minimum absolute atomic E-state index is 0.0178. The second-order valence-electron chi connectivity index (χ2n) is 4.92. The van der Waals surface area contributed by atoms with Gasteiger partial charge >= 0.3 is 0 Å². The van der Waals surface area contributed by atoms with E-state index in [1.54, 1.807) is 18.1 Å². The Hall–Kier alpha value is -1.43. The molecule has 0 bridgehead atoms.